The highest BCUT2D eigenvalue weighted by Gasteiger charge is 2.05. The lowest BCUT2D eigenvalue weighted by atomic mass is 10.1. The molecule has 0 bridgehead atoms. The molecule has 0 amide bonds. The van der Waals surface area contributed by atoms with Crippen molar-refractivity contribution in [2.24, 2.45) is 5.73 Å². The average molecular weight is 258 g/mol. The summed E-state index contributed by atoms with van der Waals surface area (Å²) in [5.41, 5.74) is 7.94. The molecule has 3 heteroatoms. The number of ether oxygens (including phenoxy) is 1. The maximum atomic E-state index is 5.47. The van der Waals surface area contributed by atoms with Gasteiger partial charge < -0.3 is 10.5 Å². The molecule has 0 spiro atoms. The number of nitrogens with two attached hydrogens (primary N) is 1. The van der Waals surface area contributed by atoms with Crippen LogP contribution in [0.3, 0.4) is 0 Å². The summed E-state index contributed by atoms with van der Waals surface area (Å²) in [6.45, 7) is 2.79. The molecule has 0 atom stereocenters. The average Bonchev–Trinajstić information content (AvgIpc) is 2.14. The Kier molecular flexibility index (Phi) is 4.42. The van der Waals surface area contributed by atoms with Crippen LogP contribution in [0.5, 0.6) is 5.75 Å². The lowest BCUT2D eigenvalue weighted by Gasteiger charge is -2.09. The van der Waals surface area contributed by atoms with Crippen LogP contribution in [0.2, 0.25) is 0 Å². The molecule has 0 fully saturated rings. The molecule has 0 radical (unpaired) electrons. The van der Waals surface area contributed by atoms with Crippen LogP contribution in [0.4, 0.5) is 0 Å². The van der Waals surface area contributed by atoms with Gasteiger partial charge in [0.15, 0.2) is 0 Å². The van der Waals surface area contributed by atoms with Gasteiger partial charge in [0.1, 0.15) is 5.75 Å². The van der Waals surface area contributed by atoms with E-state index in [1.54, 1.807) is 7.11 Å². The zero-order valence-electron chi connectivity index (χ0n) is 8.64. The van der Waals surface area contributed by atoms with Crippen LogP contribution in [0.15, 0.2) is 16.6 Å². The van der Waals surface area contributed by atoms with Gasteiger partial charge in [0.25, 0.3) is 0 Å². The third-order valence-corrected chi connectivity index (χ3v) is 2.75. The molecule has 0 aliphatic heterocycles. The normalized spacial score (nSPS) is 10.3. The topological polar surface area (TPSA) is 35.2 Å². The van der Waals surface area contributed by atoms with Gasteiger partial charge in [0, 0.05) is 0 Å². The first-order chi connectivity index (χ1) is 6.69. The fourth-order valence-corrected chi connectivity index (χ4v) is 2.28. The predicted molar refractivity (Wildman–Crippen MR) is 62.8 cm³/mol. The monoisotopic (exact) mass is 257 g/mol. The van der Waals surface area contributed by atoms with Crippen LogP contribution in [0.1, 0.15) is 17.5 Å². The summed E-state index contributed by atoms with van der Waals surface area (Å²) < 4.78 is 6.28. The quantitative estimate of drug-likeness (QED) is 0.901. The van der Waals surface area contributed by atoms with E-state index >= 15 is 0 Å². The van der Waals surface area contributed by atoms with Gasteiger partial charge in [-0.05, 0) is 59.4 Å². The third-order valence-electron chi connectivity index (χ3n) is 2.16. The zero-order chi connectivity index (χ0) is 10.6. The van der Waals surface area contributed by atoms with Crippen LogP contribution < -0.4 is 10.5 Å². The number of rotatable bonds is 4. The molecular formula is C11H16BrNO. The van der Waals surface area contributed by atoms with E-state index in [0.717, 1.165) is 35.2 Å². The van der Waals surface area contributed by atoms with Gasteiger partial charge in [-0.3, -0.25) is 0 Å². The largest absolute Gasteiger partial charge is 0.495 e. The molecule has 2 nitrogen and oxygen atoms in total. The first-order valence-corrected chi connectivity index (χ1v) is 5.51. The lowest BCUT2D eigenvalue weighted by molar-refractivity contribution is 0.409. The minimum Gasteiger partial charge on any atom is -0.495 e. The SMILES string of the molecule is COc1c(C)cc(CCCN)cc1Br. The second kappa shape index (κ2) is 5.37. The third kappa shape index (κ3) is 2.72. The minimum atomic E-state index is 0.739. The van der Waals surface area contributed by atoms with E-state index in [2.05, 4.69) is 35.0 Å². The highest BCUT2D eigenvalue weighted by atomic mass is 79.9. The van der Waals surface area contributed by atoms with Crippen LogP contribution in [0.25, 0.3) is 0 Å². The molecule has 2 N–H and O–H groups in total. The van der Waals surface area contributed by atoms with Gasteiger partial charge in [-0.15, -0.1) is 0 Å². The summed E-state index contributed by atoms with van der Waals surface area (Å²) in [7, 11) is 1.69. The van der Waals surface area contributed by atoms with E-state index in [1.807, 2.05) is 0 Å². The molecule has 0 heterocycles. The fraction of sp³-hybridized carbons (Fsp3) is 0.455. The van der Waals surface area contributed by atoms with Crippen molar-refractivity contribution in [3.05, 3.63) is 27.7 Å². The highest BCUT2D eigenvalue weighted by Crippen LogP contribution is 2.30. The Labute approximate surface area is 93.6 Å². The lowest BCUT2D eigenvalue weighted by Crippen LogP contribution is -2.01. The van der Waals surface area contributed by atoms with Crippen molar-refractivity contribution in [2.45, 2.75) is 19.8 Å². The summed E-state index contributed by atoms with van der Waals surface area (Å²) in [6, 6.07) is 4.25. The van der Waals surface area contributed by atoms with Crippen LogP contribution in [-0.2, 0) is 6.42 Å². The molecule has 78 valence electrons. The second-order valence-corrected chi connectivity index (χ2v) is 4.17. The number of hydrogen-bond acceptors (Lipinski definition) is 2. The van der Waals surface area contributed by atoms with Crippen molar-refractivity contribution in [3.63, 3.8) is 0 Å². The van der Waals surface area contributed by atoms with Crippen molar-refractivity contribution in [1.29, 1.82) is 0 Å². The Morgan fingerprint density at radius 3 is 2.64 bits per heavy atom. The molecule has 1 rings (SSSR count). The van der Waals surface area contributed by atoms with Gasteiger partial charge in [-0.1, -0.05) is 6.07 Å². The molecule has 0 saturated carbocycles. The molecule has 0 aliphatic carbocycles. The zero-order valence-corrected chi connectivity index (χ0v) is 10.2. The van der Waals surface area contributed by atoms with E-state index in [-0.39, 0.29) is 0 Å². The standard InChI is InChI=1S/C11H16BrNO/c1-8-6-9(4-3-5-13)7-10(12)11(8)14-2/h6-7H,3-5,13H2,1-2H3. The Morgan fingerprint density at radius 2 is 2.14 bits per heavy atom. The maximum absolute atomic E-state index is 5.47. The Hall–Kier alpha value is -0.540. The van der Waals surface area contributed by atoms with Gasteiger partial charge in [-0.2, -0.15) is 0 Å². The van der Waals surface area contributed by atoms with E-state index in [0.29, 0.717) is 0 Å². The van der Waals surface area contributed by atoms with Gasteiger partial charge >= 0.3 is 0 Å². The van der Waals surface area contributed by atoms with Crippen LogP contribution >= 0.6 is 15.9 Å². The van der Waals surface area contributed by atoms with Gasteiger partial charge in [0.05, 0.1) is 11.6 Å². The van der Waals surface area contributed by atoms with E-state index in [4.69, 9.17) is 10.5 Å². The van der Waals surface area contributed by atoms with Crippen molar-refractivity contribution < 1.29 is 4.74 Å². The smallest absolute Gasteiger partial charge is 0.135 e. The van der Waals surface area contributed by atoms with Crippen molar-refractivity contribution in [3.8, 4) is 5.75 Å². The Bertz CT molecular complexity index is 289. The molecule has 0 unspecified atom stereocenters. The molecule has 14 heavy (non-hydrogen) atoms. The number of benzene rings is 1. The summed E-state index contributed by atoms with van der Waals surface area (Å²) in [6.07, 6.45) is 2.05. The molecule has 0 saturated heterocycles. The Morgan fingerprint density at radius 1 is 1.43 bits per heavy atom. The molecule has 1 aromatic carbocycles. The first kappa shape index (κ1) is 11.5. The number of halogens is 1. The number of hydrogen-bond donors (Lipinski definition) is 1. The minimum absolute atomic E-state index is 0.739. The number of methoxy groups -OCH3 is 1. The highest BCUT2D eigenvalue weighted by molar-refractivity contribution is 9.10. The van der Waals surface area contributed by atoms with E-state index in [9.17, 15) is 0 Å². The summed E-state index contributed by atoms with van der Waals surface area (Å²) >= 11 is 3.49. The molecule has 1 aromatic rings. The Balaban J connectivity index is 2.90. The van der Waals surface area contributed by atoms with Crippen molar-refractivity contribution in [2.75, 3.05) is 13.7 Å². The van der Waals surface area contributed by atoms with Crippen molar-refractivity contribution in [1.82, 2.24) is 0 Å². The van der Waals surface area contributed by atoms with Gasteiger partial charge in [0.2, 0.25) is 0 Å². The predicted octanol–water partition coefficient (Wildman–Crippen LogP) is 2.66. The number of aryl methyl sites for hydroxylation is 2. The van der Waals surface area contributed by atoms with E-state index in [1.165, 1.54) is 5.56 Å². The van der Waals surface area contributed by atoms with E-state index < -0.39 is 0 Å². The summed E-state index contributed by atoms with van der Waals surface area (Å²) in [5, 5.41) is 0. The molecular weight excluding hydrogens is 242 g/mol. The maximum Gasteiger partial charge on any atom is 0.135 e. The van der Waals surface area contributed by atoms with Crippen molar-refractivity contribution >= 4 is 15.9 Å². The van der Waals surface area contributed by atoms with Crippen LogP contribution in [-0.4, -0.2) is 13.7 Å². The molecule has 0 aliphatic rings. The second-order valence-electron chi connectivity index (χ2n) is 3.32. The van der Waals surface area contributed by atoms with Crippen LogP contribution in [0, 0.1) is 6.92 Å². The summed E-state index contributed by atoms with van der Waals surface area (Å²) in [5.74, 6) is 0.918. The summed E-state index contributed by atoms with van der Waals surface area (Å²) in [4.78, 5) is 0. The molecule has 0 aromatic heterocycles. The fourth-order valence-electron chi connectivity index (χ4n) is 1.51. The first-order valence-electron chi connectivity index (χ1n) is 4.72. The van der Waals surface area contributed by atoms with Gasteiger partial charge in [-0.25, -0.2) is 0 Å².